The van der Waals surface area contributed by atoms with E-state index in [9.17, 15) is 14.4 Å². The van der Waals surface area contributed by atoms with Crippen LogP contribution in [0.3, 0.4) is 0 Å². The lowest BCUT2D eigenvalue weighted by atomic mass is 10.0. The summed E-state index contributed by atoms with van der Waals surface area (Å²) in [5.41, 5.74) is 4.92. The zero-order valence-electron chi connectivity index (χ0n) is 21.4. The number of carbonyl (C=O) groups is 3. The molecule has 4 aromatic rings. The summed E-state index contributed by atoms with van der Waals surface area (Å²) >= 11 is 6.16. The van der Waals surface area contributed by atoms with E-state index in [1.165, 1.54) is 0 Å². The van der Waals surface area contributed by atoms with Crippen molar-refractivity contribution >= 4 is 40.7 Å². The van der Waals surface area contributed by atoms with Crippen LogP contribution in [0.1, 0.15) is 43.2 Å². The first-order chi connectivity index (χ1) is 18.8. The van der Waals surface area contributed by atoms with E-state index in [0.29, 0.717) is 33.3 Å². The van der Waals surface area contributed by atoms with Gasteiger partial charge in [0.1, 0.15) is 11.7 Å². The number of hydrogen-bond acceptors (Lipinski definition) is 5. The van der Waals surface area contributed by atoms with Crippen LogP contribution in [0, 0.1) is 13.8 Å². The molecule has 1 aliphatic rings. The SMILES string of the molecule is Cc1cc(CN2C(=O)c3ccc(Cl)cc3NC(=O)C2Cc2ccccn2)cc(C)c1NC(=O)c1ccccn1. The van der Waals surface area contributed by atoms with Gasteiger partial charge in [0.25, 0.3) is 11.8 Å². The highest BCUT2D eigenvalue weighted by molar-refractivity contribution is 6.31. The summed E-state index contributed by atoms with van der Waals surface area (Å²) in [7, 11) is 0. The molecule has 5 rings (SSSR count). The number of aromatic nitrogens is 2. The average molecular weight is 540 g/mol. The number of pyridine rings is 2. The predicted molar refractivity (Wildman–Crippen MR) is 150 cm³/mol. The van der Waals surface area contributed by atoms with Crippen LogP contribution < -0.4 is 10.6 Å². The quantitative estimate of drug-likeness (QED) is 0.350. The number of fused-ring (bicyclic) bond motifs is 1. The largest absolute Gasteiger partial charge is 0.323 e. The molecule has 39 heavy (non-hydrogen) atoms. The lowest BCUT2D eigenvalue weighted by Crippen LogP contribution is -2.46. The number of benzene rings is 2. The topological polar surface area (TPSA) is 104 Å². The first-order valence-electron chi connectivity index (χ1n) is 12.4. The first kappa shape index (κ1) is 26.1. The molecule has 0 radical (unpaired) electrons. The summed E-state index contributed by atoms with van der Waals surface area (Å²) in [6.45, 7) is 3.97. The van der Waals surface area contributed by atoms with E-state index >= 15 is 0 Å². The number of halogens is 1. The monoisotopic (exact) mass is 539 g/mol. The third-order valence-electron chi connectivity index (χ3n) is 6.62. The van der Waals surface area contributed by atoms with Gasteiger partial charge in [0.05, 0.1) is 11.3 Å². The number of nitrogens with zero attached hydrogens (tertiary/aromatic N) is 3. The standard InChI is InChI=1S/C30H26ClN5O3/c1-18-13-20(14-19(2)27(18)35-28(37)24-8-4-6-12-33-24)17-36-26(16-22-7-3-5-11-32-22)29(38)34-25-15-21(31)9-10-23(25)30(36)39/h3-15,26H,16-17H2,1-2H3,(H,34,38)(H,35,37). The highest BCUT2D eigenvalue weighted by atomic mass is 35.5. The van der Waals surface area contributed by atoms with Crippen LogP contribution in [0.4, 0.5) is 11.4 Å². The maximum Gasteiger partial charge on any atom is 0.274 e. The molecule has 0 aliphatic carbocycles. The van der Waals surface area contributed by atoms with Gasteiger partial charge in [-0.2, -0.15) is 0 Å². The highest BCUT2D eigenvalue weighted by Gasteiger charge is 2.36. The second-order valence-electron chi connectivity index (χ2n) is 9.43. The van der Waals surface area contributed by atoms with Crippen molar-refractivity contribution in [2.24, 2.45) is 0 Å². The Hall–Kier alpha value is -4.56. The van der Waals surface area contributed by atoms with E-state index < -0.39 is 6.04 Å². The van der Waals surface area contributed by atoms with Crippen molar-refractivity contribution in [3.63, 3.8) is 0 Å². The number of hydrogen-bond donors (Lipinski definition) is 2. The molecular weight excluding hydrogens is 514 g/mol. The number of aryl methyl sites for hydroxylation is 2. The van der Waals surface area contributed by atoms with Crippen LogP contribution in [-0.2, 0) is 17.8 Å². The van der Waals surface area contributed by atoms with Gasteiger partial charge < -0.3 is 15.5 Å². The molecule has 9 heteroatoms. The Labute approximate surface area is 231 Å². The summed E-state index contributed by atoms with van der Waals surface area (Å²) in [4.78, 5) is 50.1. The van der Waals surface area contributed by atoms with E-state index in [0.717, 1.165) is 16.7 Å². The number of anilines is 2. The zero-order chi connectivity index (χ0) is 27.5. The van der Waals surface area contributed by atoms with Crippen molar-refractivity contribution in [1.82, 2.24) is 14.9 Å². The van der Waals surface area contributed by atoms with Crippen molar-refractivity contribution in [2.45, 2.75) is 32.9 Å². The number of nitrogens with one attached hydrogen (secondary N) is 2. The fourth-order valence-electron chi connectivity index (χ4n) is 4.78. The molecule has 1 unspecified atom stereocenters. The Morgan fingerprint density at radius 1 is 0.974 bits per heavy atom. The first-order valence-corrected chi connectivity index (χ1v) is 12.8. The van der Waals surface area contributed by atoms with Gasteiger partial charge in [-0.05, 0) is 73.0 Å². The summed E-state index contributed by atoms with van der Waals surface area (Å²) in [6.07, 6.45) is 3.48. The molecule has 1 atom stereocenters. The van der Waals surface area contributed by atoms with Crippen LogP contribution in [-0.4, -0.2) is 38.6 Å². The van der Waals surface area contributed by atoms with Crippen molar-refractivity contribution in [2.75, 3.05) is 10.6 Å². The average Bonchev–Trinajstić information content (AvgIpc) is 3.01. The third kappa shape index (κ3) is 5.66. The van der Waals surface area contributed by atoms with Crippen molar-refractivity contribution in [3.8, 4) is 0 Å². The van der Waals surface area contributed by atoms with Crippen LogP contribution in [0.15, 0.2) is 79.1 Å². The van der Waals surface area contributed by atoms with Gasteiger partial charge in [-0.1, -0.05) is 35.9 Å². The van der Waals surface area contributed by atoms with Gasteiger partial charge >= 0.3 is 0 Å². The fraction of sp³-hybridized carbons (Fsp3) is 0.167. The Morgan fingerprint density at radius 2 is 1.69 bits per heavy atom. The smallest absolute Gasteiger partial charge is 0.274 e. The lowest BCUT2D eigenvalue weighted by Gasteiger charge is -2.29. The van der Waals surface area contributed by atoms with E-state index in [2.05, 4.69) is 20.6 Å². The molecule has 0 spiro atoms. The summed E-state index contributed by atoms with van der Waals surface area (Å²) < 4.78 is 0. The number of amides is 3. The second kappa shape index (κ2) is 11.0. The Morgan fingerprint density at radius 3 is 2.36 bits per heavy atom. The molecule has 0 saturated heterocycles. The highest BCUT2D eigenvalue weighted by Crippen LogP contribution is 2.30. The molecule has 1 aliphatic heterocycles. The number of rotatable bonds is 6. The second-order valence-corrected chi connectivity index (χ2v) is 9.86. The zero-order valence-corrected chi connectivity index (χ0v) is 22.2. The van der Waals surface area contributed by atoms with Crippen molar-refractivity contribution in [3.05, 3.63) is 118 Å². The fourth-order valence-corrected chi connectivity index (χ4v) is 4.95. The minimum Gasteiger partial charge on any atom is -0.323 e. The maximum atomic E-state index is 13.8. The molecule has 0 saturated carbocycles. The molecule has 2 aromatic heterocycles. The minimum atomic E-state index is -0.803. The molecule has 2 aromatic carbocycles. The van der Waals surface area contributed by atoms with Gasteiger partial charge in [0.2, 0.25) is 5.91 Å². The molecular formula is C30H26ClN5O3. The maximum absolute atomic E-state index is 13.8. The molecule has 8 nitrogen and oxygen atoms in total. The molecule has 3 heterocycles. The third-order valence-corrected chi connectivity index (χ3v) is 6.85. The Bertz CT molecular complexity index is 1540. The lowest BCUT2D eigenvalue weighted by molar-refractivity contribution is -0.120. The Balaban J connectivity index is 1.48. The predicted octanol–water partition coefficient (Wildman–Crippen LogP) is 5.20. The molecule has 2 N–H and O–H groups in total. The molecule has 196 valence electrons. The molecule has 0 bridgehead atoms. The van der Waals surface area contributed by atoms with Gasteiger partial charge in [-0.25, -0.2) is 0 Å². The number of carbonyl (C=O) groups excluding carboxylic acids is 3. The summed E-state index contributed by atoms with van der Waals surface area (Å²) in [5.74, 6) is -0.911. The van der Waals surface area contributed by atoms with E-state index in [4.69, 9.17) is 11.6 Å². The van der Waals surface area contributed by atoms with Crippen LogP contribution in [0.2, 0.25) is 5.02 Å². The van der Waals surface area contributed by atoms with Crippen LogP contribution in [0.25, 0.3) is 0 Å². The van der Waals surface area contributed by atoms with Crippen molar-refractivity contribution in [1.29, 1.82) is 0 Å². The molecule has 3 amide bonds. The van der Waals surface area contributed by atoms with Gasteiger partial charge in [0, 0.05) is 41.8 Å². The minimum absolute atomic E-state index is 0.183. The summed E-state index contributed by atoms with van der Waals surface area (Å²) in [5, 5.41) is 6.25. The van der Waals surface area contributed by atoms with E-state index in [1.807, 2.05) is 38.1 Å². The van der Waals surface area contributed by atoms with E-state index in [1.54, 1.807) is 59.8 Å². The van der Waals surface area contributed by atoms with E-state index in [-0.39, 0.29) is 30.7 Å². The van der Waals surface area contributed by atoms with Crippen molar-refractivity contribution < 1.29 is 14.4 Å². The Kier molecular flexibility index (Phi) is 7.38. The van der Waals surface area contributed by atoms with Gasteiger partial charge in [-0.3, -0.25) is 24.4 Å². The van der Waals surface area contributed by atoms with Gasteiger partial charge in [-0.15, -0.1) is 0 Å². The van der Waals surface area contributed by atoms with Gasteiger partial charge in [0.15, 0.2) is 0 Å². The van der Waals surface area contributed by atoms with Crippen LogP contribution >= 0.6 is 11.6 Å². The summed E-state index contributed by atoms with van der Waals surface area (Å²) in [6, 6.07) is 18.5. The van der Waals surface area contributed by atoms with Crippen LogP contribution in [0.5, 0.6) is 0 Å². The normalized spacial score (nSPS) is 14.8. The molecule has 0 fully saturated rings.